The van der Waals surface area contributed by atoms with Crippen molar-refractivity contribution in [2.45, 2.75) is 58.0 Å². The number of hydrogen-bond donors (Lipinski definition) is 0. The van der Waals surface area contributed by atoms with Crippen LogP contribution >= 0.6 is 0 Å². The predicted octanol–water partition coefficient (Wildman–Crippen LogP) is 2.48. The van der Waals surface area contributed by atoms with Crippen molar-refractivity contribution in [2.75, 3.05) is 0 Å². The van der Waals surface area contributed by atoms with Crippen molar-refractivity contribution in [1.29, 1.82) is 0 Å². The van der Waals surface area contributed by atoms with Crippen molar-refractivity contribution in [3.63, 3.8) is 0 Å². The molecule has 2 aliphatic rings. The van der Waals surface area contributed by atoms with Crippen LogP contribution in [0.3, 0.4) is 0 Å². The summed E-state index contributed by atoms with van der Waals surface area (Å²) < 4.78 is 5.55. The van der Waals surface area contributed by atoms with Crippen molar-refractivity contribution < 1.29 is 14.3 Å². The first-order valence-corrected chi connectivity index (χ1v) is 6.26. The number of hydrogen-bond acceptors (Lipinski definition) is 3. The van der Waals surface area contributed by atoms with Crippen LogP contribution < -0.4 is 0 Å². The Morgan fingerprint density at radius 2 is 2.12 bits per heavy atom. The summed E-state index contributed by atoms with van der Waals surface area (Å²) in [6.45, 7) is 3.92. The second kappa shape index (κ2) is 4.19. The van der Waals surface area contributed by atoms with Gasteiger partial charge in [-0.1, -0.05) is 6.92 Å². The molecule has 0 amide bonds. The van der Waals surface area contributed by atoms with E-state index >= 15 is 0 Å². The molecule has 0 aromatic carbocycles. The highest BCUT2D eigenvalue weighted by molar-refractivity contribution is 5.84. The zero-order valence-corrected chi connectivity index (χ0v) is 10.1. The Bertz CT molecular complexity index is 304. The van der Waals surface area contributed by atoms with E-state index in [-0.39, 0.29) is 23.4 Å². The highest BCUT2D eigenvalue weighted by atomic mass is 16.6. The molecular weight excluding hydrogens is 204 g/mol. The van der Waals surface area contributed by atoms with Gasteiger partial charge in [0.05, 0.1) is 5.92 Å². The standard InChI is InChI=1S/C13H20O3/c1-9-8-10(4-5-11(9)14)12(15)16-13(2)6-3-7-13/h9-10H,3-8H2,1-2H3/t9-,10+/m1/s1. The molecule has 2 fully saturated rings. The summed E-state index contributed by atoms with van der Waals surface area (Å²) in [6, 6.07) is 0. The van der Waals surface area contributed by atoms with Crippen LogP contribution in [0.25, 0.3) is 0 Å². The van der Waals surface area contributed by atoms with Crippen LogP contribution in [-0.2, 0) is 14.3 Å². The maximum atomic E-state index is 11.9. The Labute approximate surface area is 96.5 Å². The quantitative estimate of drug-likeness (QED) is 0.677. The second-order valence-electron chi connectivity index (χ2n) is 5.56. The molecule has 2 atom stereocenters. The third kappa shape index (κ3) is 2.28. The fourth-order valence-electron chi connectivity index (χ4n) is 2.56. The molecule has 2 saturated carbocycles. The lowest BCUT2D eigenvalue weighted by molar-refractivity contribution is -0.173. The largest absolute Gasteiger partial charge is 0.459 e. The Hall–Kier alpha value is -0.860. The molecule has 0 aromatic heterocycles. The van der Waals surface area contributed by atoms with Crippen LogP contribution in [0.5, 0.6) is 0 Å². The molecule has 0 aliphatic heterocycles. The van der Waals surface area contributed by atoms with Gasteiger partial charge in [0.1, 0.15) is 11.4 Å². The molecule has 0 heterocycles. The maximum absolute atomic E-state index is 11.9. The van der Waals surface area contributed by atoms with E-state index in [1.54, 1.807) is 0 Å². The number of esters is 1. The molecule has 0 bridgehead atoms. The number of carbonyl (C=O) groups is 2. The smallest absolute Gasteiger partial charge is 0.309 e. The first-order valence-electron chi connectivity index (χ1n) is 6.26. The molecule has 0 N–H and O–H groups in total. The fourth-order valence-corrected chi connectivity index (χ4v) is 2.56. The third-order valence-corrected chi connectivity index (χ3v) is 4.02. The molecule has 3 nitrogen and oxygen atoms in total. The molecular formula is C13H20O3. The van der Waals surface area contributed by atoms with E-state index in [0.717, 1.165) is 19.3 Å². The minimum absolute atomic E-state index is 0.0282. The maximum Gasteiger partial charge on any atom is 0.309 e. The monoisotopic (exact) mass is 224 g/mol. The fraction of sp³-hybridized carbons (Fsp3) is 0.846. The van der Waals surface area contributed by atoms with E-state index in [4.69, 9.17) is 4.74 Å². The van der Waals surface area contributed by atoms with Gasteiger partial charge in [0, 0.05) is 12.3 Å². The molecule has 0 saturated heterocycles. The molecule has 0 aromatic rings. The van der Waals surface area contributed by atoms with Gasteiger partial charge in [-0.2, -0.15) is 0 Å². The van der Waals surface area contributed by atoms with Crippen LogP contribution in [0.2, 0.25) is 0 Å². The average molecular weight is 224 g/mol. The van der Waals surface area contributed by atoms with E-state index in [0.29, 0.717) is 25.0 Å². The van der Waals surface area contributed by atoms with Gasteiger partial charge in [0.25, 0.3) is 0 Å². The number of carbonyl (C=O) groups excluding carboxylic acids is 2. The van der Waals surface area contributed by atoms with Crippen LogP contribution in [0.4, 0.5) is 0 Å². The summed E-state index contributed by atoms with van der Waals surface area (Å²) in [6.07, 6.45) is 5.02. The van der Waals surface area contributed by atoms with Gasteiger partial charge < -0.3 is 4.74 Å². The normalized spacial score (nSPS) is 33.0. The van der Waals surface area contributed by atoms with Crippen molar-refractivity contribution in [1.82, 2.24) is 0 Å². The molecule has 16 heavy (non-hydrogen) atoms. The summed E-state index contributed by atoms with van der Waals surface area (Å²) in [4.78, 5) is 23.3. The lowest BCUT2D eigenvalue weighted by Crippen LogP contribution is -2.41. The van der Waals surface area contributed by atoms with Gasteiger partial charge in [-0.25, -0.2) is 0 Å². The van der Waals surface area contributed by atoms with Gasteiger partial charge in [-0.05, 0) is 39.0 Å². The summed E-state index contributed by atoms with van der Waals surface area (Å²) in [7, 11) is 0. The SMILES string of the molecule is C[C@@H]1C[C@@H](C(=O)OC2(C)CCC2)CCC1=O. The first kappa shape index (κ1) is 11.6. The molecule has 0 unspecified atom stereocenters. The van der Waals surface area contributed by atoms with Crippen LogP contribution in [0.15, 0.2) is 0 Å². The van der Waals surface area contributed by atoms with Gasteiger partial charge in [0.2, 0.25) is 0 Å². The Morgan fingerprint density at radius 1 is 1.44 bits per heavy atom. The van der Waals surface area contributed by atoms with Crippen molar-refractivity contribution in [3.8, 4) is 0 Å². The lowest BCUT2D eigenvalue weighted by atomic mass is 9.80. The highest BCUT2D eigenvalue weighted by Crippen LogP contribution is 2.37. The molecule has 90 valence electrons. The zero-order chi connectivity index (χ0) is 11.8. The molecule has 0 spiro atoms. The molecule has 0 radical (unpaired) electrons. The number of rotatable bonds is 2. The predicted molar refractivity (Wildman–Crippen MR) is 59.9 cm³/mol. The van der Waals surface area contributed by atoms with Crippen LogP contribution in [0.1, 0.15) is 52.4 Å². The average Bonchev–Trinajstić information content (AvgIpc) is 2.19. The van der Waals surface area contributed by atoms with Crippen LogP contribution in [-0.4, -0.2) is 17.4 Å². The first-order chi connectivity index (χ1) is 7.50. The van der Waals surface area contributed by atoms with E-state index in [1.807, 2.05) is 13.8 Å². The third-order valence-electron chi connectivity index (χ3n) is 4.02. The van der Waals surface area contributed by atoms with E-state index < -0.39 is 0 Å². The molecule has 3 heteroatoms. The van der Waals surface area contributed by atoms with Crippen molar-refractivity contribution >= 4 is 11.8 Å². The van der Waals surface area contributed by atoms with Gasteiger partial charge >= 0.3 is 5.97 Å². The van der Waals surface area contributed by atoms with Crippen molar-refractivity contribution in [2.24, 2.45) is 11.8 Å². The topological polar surface area (TPSA) is 43.4 Å². The van der Waals surface area contributed by atoms with Gasteiger partial charge in [-0.15, -0.1) is 0 Å². The van der Waals surface area contributed by atoms with Crippen molar-refractivity contribution in [3.05, 3.63) is 0 Å². The minimum Gasteiger partial charge on any atom is -0.459 e. The minimum atomic E-state index is -0.207. The summed E-state index contributed by atoms with van der Waals surface area (Å²) >= 11 is 0. The molecule has 2 aliphatic carbocycles. The summed E-state index contributed by atoms with van der Waals surface area (Å²) in [5.74, 6) is 0.186. The van der Waals surface area contributed by atoms with Gasteiger partial charge in [0.15, 0.2) is 0 Å². The highest BCUT2D eigenvalue weighted by Gasteiger charge is 2.39. The van der Waals surface area contributed by atoms with E-state index in [2.05, 4.69) is 0 Å². The van der Waals surface area contributed by atoms with Crippen LogP contribution in [0, 0.1) is 11.8 Å². The zero-order valence-electron chi connectivity index (χ0n) is 10.1. The number of ether oxygens (including phenoxy) is 1. The summed E-state index contributed by atoms with van der Waals surface area (Å²) in [5.41, 5.74) is -0.207. The number of Topliss-reactive ketones (excluding diaryl/α,β-unsaturated/α-hetero) is 1. The number of ketones is 1. The lowest BCUT2D eigenvalue weighted by Gasteiger charge is -2.39. The van der Waals surface area contributed by atoms with Gasteiger partial charge in [-0.3, -0.25) is 9.59 Å². The van der Waals surface area contributed by atoms with E-state index in [9.17, 15) is 9.59 Å². The van der Waals surface area contributed by atoms with E-state index in [1.165, 1.54) is 0 Å². The Kier molecular flexibility index (Phi) is 3.04. The Morgan fingerprint density at radius 3 is 2.62 bits per heavy atom. The second-order valence-corrected chi connectivity index (χ2v) is 5.56. The summed E-state index contributed by atoms with van der Waals surface area (Å²) in [5, 5.41) is 0. The Balaban J connectivity index is 1.87. The molecule has 2 rings (SSSR count).